The highest BCUT2D eigenvalue weighted by Gasteiger charge is 2.13. The van der Waals surface area contributed by atoms with E-state index in [1.165, 1.54) is 42.1 Å². The first-order valence-corrected chi connectivity index (χ1v) is 6.63. The van der Waals surface area contributed by atoms with Gasteiger partial charge in [0.1, 0.15) is 0 Å². The lowest BCUT2D eigenvalue weighted by Gasteiger charge is -2.14. The van der Waals surface area contributed by atoms with Crippen molar-refractivity contribution in [3.05, 3.63) is 48.0 Å². The highest BCUT2D eigenvalue weighted by atomic mass is 14.8. The van der Waals surface area contributed by atoms with E-state index in [1.807, 2.05) is 0 Å². The summed E-state index contributed by atoms with van der Waals surface area (Å²) < 4.78 is 0. The van der Waals surface area contributed by atoms with Gasteiger partial charge >= 0.3 is 0 Å². The van der Waals surface area contributed by atoms with Crippen molar-refractivity contribution in [1.29, 1.82) is 0 Å². The van der Waals surface area contributed by atoms with Crippen molar-refractivity contribution in [3.63, 3.8) is 0 Å². The van der Waals surface area contributed by atoms with Gasteiger partial charge in [0.25, 0.3) is 0 Å². The van der Waals surface area contributed by atoms with Gasteiger partial charge in [-0.15, -0.1) is 0 Å². The Morgan fingerprint density at radius 3 is 2.71 bits per heavy atom. The average Bonchev–Trinajstić information content (AvgIpc) is 2.67. The van der Waals surface area contributed by atoms with E-state index in [4.69, 9.17) is 0 Å². The monoisotopic (exact) mass is 225 g/mol. The number of hydrogen-bond donors (Lipinski definition) is 1. The van der Waals surface area contributed by atoms with Gasteiger partial charge in [0, 0.05) is 0 Å². The van der Waals surface area contributed by atoms with Crippen LogP contribution < -0.4 is 5.32 Å². The molecule has 1 aliphatic rings. The molecule has 1 heteroatoms. The summed E-state index contributed by atoms with van der Waals surface area (Å²) in [6.07, 6.45) is 3.90. The third kappa shape index (κ3) is 2.34. The van der Waals surface area contributed by atoms with Crippen molar-refractivity contribution in [2.24, 2.45) is 0 Å². The van der Waals surface area contributed by atoms with Gasteiger partial charge in [0.15, 0.2) is 0 Å². The maximum absolute atomic E-state index is 3.48. The van der Waals surface area contributed by atoms with E-state index < -0.39 is 0 Å². The molecule has 0 spiro atoms. The normalized spacial score (nSPS) is 21.3. The standard InChI is InChI=1S/C16H19N/c1-2-5-15-12-16(8-7-13(15)4-1)14-6-3-10-17-11-9-14/h1-2,4-5,7-8,12,14,17H,3,6,9-11H2/t14-/m0/s1. The molecule has 17 heavy (non-hydrogen) atoms. The Morgan fingerprint density at radius 1 is 0.882 bits per heavy atom. The Kier molecular flexibility index (Phi) is 3.10. The lowest BCUT2D eigenvalue weighted by atomic mass is 9.90. The smallest absolute Gasteiger partial charge is 0.00431 e. The zero-order valence-corrected chi connectivity index (χ0v) is 10.2. The first kappa shape index (κ1) is 10.8. The summed E-state index contributed by atoms with van der Waals surface area (Å²) in [5.41, 5.74) is 1.52. The molecule has 3 rings (SSSR count). The van der Waals surface area contributed by atoms with Crippen molar-refractivity contribution >= 4 is 10.8 Å². The van der Waals surface area contributed by atoms with Crippen LogP contribution in [-0.2, 0) is 0 Å². The SMILES string of the molecule is c1ccc2cc([C@H]3CCCNCC3)ccc2c1. The summed E-state index contributed by atoms with van der Waals surface area (Å²) in [7, 11) is 0. The average molecular weight is 225 g/mol. The molecule has 1 atom stereocenters. The predicted molar refractivity (Wildman–Crippen MR) is 73.4 cm³/mol. The molecule has 88 valence electrons. The van der Waals surface area contributed by atoms with E-state index in [0.717, 1.165) is 12.5 Å². The molecule has 1 heterocycles. The minimum absolute atomic E-state index is 0.745. The fourth-order valence-electron chi connectivity index (χ4n) is 2.81. The van der Waals surface area contributed by atoms with Crippen molar-refractivity contribution in [2.75, 3.05) is 13.1 Å². The summed E-state index contributed by atoms with van der Waals surface area (Å²) in [5.74, 6) is 0.745. The molecule has 0 unspecified atom stereocenters. The molecule has 1 fully saturated rings. The minimum Gasteiger partial charge on any atom is -0.317 e. The van der Waals surface area contributed by atoms with Crippen molar-refractivity contribution in [1.82, 2.24) is 5.32 Å². The van der Waals surface area contributed by atoms with E-state index in [1.54, 1.807) is 0 Å². The second kappa shape index (κ2) is 4.89. The minimum atomic E-state index is 0.745. The highest BCUT2D eigenvalue weighted by Crippen LogP contribution is 2.28. The Balaban J connectivity index is 1.93. The molecule has 0 radical (unpaired) electrons. The molecule has 1 aliphatic heterocycles. The third-order valence-corrected chi connectivity index (χ3v) is 3.82. The molecule has 0 amide bonds. The van der Waals surface area contributed by atoms with Crippen LogP contribution in [0.25, 0.3) is 10.8 Å². The molecule has 2 aromatic carbocycles. The first-order valence-electron chi connectivity index (χ1n) is 6.63. The van der Waals surface area contributed by atoms with Crippen molar-refractivity contribution in [2.45, 2.75) is 25.2 Å². The van der Waals surface area contributed by atoms with Crippen LogP contribution >= 0.6 is 0 Å². The maximum Gasteiger partial charge on any atom is -0.00431 e. The van der Waals surface area contributed by atoms with Gasteiger partial charge in [-0.25, -0.2) is 0 Å². The molecular weight excluding hydrogens is 206 g/mol. The fraction of sp³-hybridized carbons (Fsp3) is 0.375. The molecule has 0 bridgehead atoms. The van der Waals surface area contributed by atoms with Crippen LogP contribution in [0.4, 0.5) is 0 Å². The Hall–Kier alpha value is -1.34. The van der Waals surface area contributed by atoms with Gasteiger partial charge in [-0.1, -0.05) is 42.5 Å². The Bertz CT molecular complexity index is 496. The second-order valence-electron chi connectivity index (χ2n) is 4.98. The van der Waals surface area contributed by atoms with Gasteiger partial charge in [-0.3, -0.25) is 0 Å². The molecule has 0 saturated carbocycles. The zero-order chi connectivity index (χ0) is 11.5. The van der Waals surface area contributed by atoms with E-state index in [-0.39, 0.29) is 0 Å². The first-order chi connectivity index (χ1) is 8.43. The summed E-state index contributed by atoms with van der Waals surface area (Å²) in [4.78, 5) is 0. The summed E-state index contributed by atoms with van der Waals surface area (Å²) in [6.45, 7) is 2.35. The van der Waals surface area contributed by atoms with Gasteiger partial charge < -0.3 is 5.32 Å². The van der Waals surface area contributed by atoms with Crippen LogP contribution in [0.2, 0.25) is 0 Å². The van der Waals surface area contributed by atoms with Crippen molar-refractivity contribution < 1.29 is 0 Å². The quantitative estimate of drug-likeness (QED) is 0.780. The summed E-state index contributed by atoms with van der Waals surface area (Å²) in [6, 6.07) is 15.6. The van der Waals surface area contributed by atoms with E-state index in [0.29, 0.717) is 0 Å². The topological polar surface area (TPSA) is 12.0 Å². The van der Waals surface area contributed by atoms with E-state index >= 15 is 0 Å². The molecular formula is C16H19N. The largest absolute Gasteiger partial charge is 0.317 e. The fourth-order valence-corrected chi connectivity index (χ4v) is 2.81. The van der Waals surface area contributed by atoms with Crippen LogP contribution in [0.15, 0.2) is 42.5 Å². The van der Waals surface area contributed by atoms with Gasteiger partial charge in [-0.05, 0) is 54.6 Å². The number of benzene rings is 2. The van der Waals surface area contributed by atoms with Crippen LogP contribution in [0, 0.1) is 0 Å². The third-order valence-electron chi connectivity index (χ3n) is 3.82. The number of hydrogen-bond acceptors (Lipinski definition) is 1. The van der Waals surface area contributed by atoms with Crippen LogP contribution in [0.3, 0.4) is 0 Å². The molecule has 1 N–H and O–H groups in total. The molecule has 0 aliphatic carbocycles. The number of rotatable bonds is 1. The molecule has 1 saturated heterocycles. The maximum atomic E-state index is 3.48. The second-order valence-corrected chi connectivity index (χ2v) is 4.98. The van der Waals surface area contributed by atoms with E-state index in [2.05, 4.69) is 47.8 Å². The Morgan fingerprint density at radius 2 is 1.76 bits per heavy atom. The summed E-state index contributed by atoms with van der Waals surface area (Å²) >= 11 is 0. The lowest BCUT2D eigenvalue weighted by molar-refractivity contribution is 0.610. The van der Waals surface area contributed by atoms with Gasteiger partial charge in [0.05, 0.1) is 0 Å². The zero-order valence-electron chi connectivity index (χ0n) is 10.2. The van der Waals surface area contributed by atoms with Gasteiger partial charge in [0.2, 0.25) is 0 Å². The summed E-state index contributed by atoms with van der Waals surface area (Å²) in [5, 5.41) is 6.21. The van der Waals surface area contributed by atoms with Crippen molar-refractivity contribution in [3.8, 4) is 0 Å². The number of fused-ring (bicyclic) bond motifs is 1. The highest BCUT2D eigenvalue weighted by molar-refractivity contribution is 5.83. The van der Waals surface area contributed by atoms with Crippen LogP contribution in [0.5, 0.6) is 0 Å². The Labute approximate surface area is 103 Å². The van der Waals surface area contributed by atoms with E-state index in [9.17, 15) is 0 Å². The molecule has 2 aromatic rings. The molecule has 1 nitrogen and oxygen atoms in total. The van der Waals surface area contributed by atoms with Gasteiger partial charge in [-0.2, -0.15) is 0 Å². The lowest BCUT2D eigenvalue weighted by Crippen LogP contribution is -2.13. The predicted octanol–water partition coefficient (Wildman–Crippen LogP) is 3.70. The van der Waals surface area contributed by atoms with Crippen LogP contribution in [-0.4, -0.2) is 13.1 Å². The van der Waals surface area contributed by atoms with Crippen LogP contribution in [0.1, 0.15) is 30.7 Å². The molecule has 0 aromatic heterocycles. The number of nitrogens with one attached hydrogen (secondary N) is 1.